The van der Waals surface area contributed by atoms with Crippen LogP contribution < -0.4 is 14.4 Å². The number of carbonyl (C=O) groups excluding carboxylic acids is 2. The lowest BCUT2D eigenvalue weighted by atomic mass is 9.70. The van der Waals surface area contributed by atoms with Gasteiger partial charge in [-0.15, -0.1) is 0 Å². The topological polar surface area (TPSA) is 68.3 Å². The molecule has 2 heterocycles. The fourth-order valence-electron chi connectivity index (χ4n) is 11.9. The molecule has 8 rings (SSSR count). The highest BCUT2D eigenvalue weighted by Crippen LogP contribution is 2.55. The highest BCUT2D eigenvalue weighted by Gasteiger charge is 2.42. The molecule has 5 aromatic rings. The molecule has 1 aliphatic carbocycles. The standard InChI is InChI=1S/C64H84N2O5/c1-6-9-12-15-18-21-33-64(34-22-19-16-13-10-7-2)56-42-47(4)27-29-51(56)52-30-28-49(45-57(52)64)44-50-46-59(70-38-23-20-17-14-11-8-3)48(5)43-60(50)71-41-37-66-62(67)54-26-24-25-53-58(65-35-39-69-40-36-65)32-31-55(61(53)54)63(66)68/h24-32,42-43,45-46H,6-23,33-41,44H2,1-5H3. The summed E-state index contributed by atoms with van der Waals surface area (Å²) >= 11 is 0. The first-order valence-corrected chi connectivity index (χ1v) is 28.2. The van der Waals surface area contributed by atoms with Crippen LogP contribution in [0.4, 0.5) is 5.69 Å². The summed E-state index contributed by atoms with van der Waals surface area (Å²) in [4.78, 5) is 32.2. The van der Waals surface area contributed by atoms with Gasteiger partial charge >= 0.3 is 0 Å². The number of nitrogens with zero attached hydrogens (tertiary/aromatic N) is 2. The number of hydrogen-bond acceptors (Lipinski definition) is 6. The molecule has 7 nitrogen and oxygen atoms in total. The van der Waals surface area contributed by atoms with Crippen LogP contribution in [0.3, 0.4) is 0 Å². The number of rotatable bonds is 29. The van der Waals surface area contributed by atoms with Crippen molar-refractivity contribution in [2.75, 3.05) is 51.0 Å². The Morgan fingerprint density at radius 2 is 1.14 bits per heavy atom. The summed E-state index contributed by atoms with van der Waals surface area (Å²) in [7, 11) is 0. The molecule has 0 atom stereocenters. The van der Waals surface area contributed by atoms with Crippen LogP contribution in [0.25, 0.3) is 21.9 Å². The molecule has 0 spiro atoms. The van der Waals surface area contributed by atoms with E-state index in [1.807, 2.05) is 30.3 Å². The molecule has 71 heavy (non-hydrogen) atoms. The van der Waals surface area contributed by atoms with E-state index < -0.39 is 0 Å². The molecule has 0 saturated carbocycles. The Balaban J connectivity index is 1.06. The number of amides is 2. The van der Waals surface area contributed by atoms with Crippen LogP contribution in [-0.2, 0) is 16.6 Å². The van der Waals surface area contributed by atoms with E-state index in [1.54, 1.807) is 0 Å². The molecule has 0 bridgehead atoms. The van der Waals surface area contributed by atoms with E-state index in [0.29, 0.717) is 37.4 Å². The van der Waals surface area contributed by atoms with Crippen molar-refractivity contribution in [2.24, 2.45) is 0 Å². The molecule has 380 valence electrons. The van der Waals surface area contributed by atoms with Crippen molar-refractivity contribution in [1.82, 2.24) is 4.90 Å². The molecule has 3 aliphatic rings. The predicted octanol–water partition coefficient (Wildman–Crippen LogP) is 16.1. The Labute approximate surface area is 427 Å². The lowest BCUT2D eigenvalue weighted by molar-refractivity contribution is 0.0587. The van der Waals surface area contributed by atoms with Gasteiger partial charge in [-0.3, -0.25) is 14.5 Å². The minimum absolute atomic E-state index is 0.0131. The van der Waals surface area contributed by atoms with Gasteiger partial charge in [0.2, 0.25) is 0 Å². The average molecular weight is 961 g/mol. The fourth-order valence-corrected chi connectivity index (χ4v) is 11.9. The Bertz CT molecular complexity index is 2530. The maximum atomic E-state index is 14.2. The molecule has 1 fully saturated rings. The maximum absolute atomic E-state index is 14.2. The SMILES string of the molecule is CCCCCCCCOc1cc(Cc2ccc3c(c2)C(CCCCCCCC)(CCCCCCCC)c2cc(C)ccc2-3)c(OCCN2C(=O)c3cccc4c(N5CCOCC5)ccc(c34)C2=O)cc1C. The number of hydrogen-bond donors (Lipinski definition) is 0. The van der Waals surface area contributed by atoms with Crippen molar-refractivity contribution in [3.63, 3.8) is 0 Å². The van der Waals surface area contributed by atoms with Crippen molar-refractivity contribution in [3.05, 3.63) is 123 Å². The Morgan fingerprint density at radius 1 is 0.563 bits per heavy atom. The van der Waals surface area contributed by atoms with Crippen molar-refractivity contribution in [3.8, 4) is 22.6 Å². The first kappa shape index (κ1) is 52.2. The molecular formula is C64H84N2O5. The van der Waals surface area contributed by atoms with Crippen LogP contribution in [0.1, 0.15) is 203 Å². The van der Waals surface area contributed by atoms with Gasteiger partial charge in [0.15, 0.2) is 0 Å². The zero-order chi connectivity index (χ0) is 49.6. The molecule has 5 aromatic carbocycles. The van der Waals surface area contributed by atoms with Crippen LogP contribution in [-0.4, -0.2) is 62.8 Å². The zero-order valence-corrected chi connectivity index (χ0v) is 44.2. The van der Waals surface area contributed by atoms with Crippen LogP contribution >= 0.6 is 0 Å². The Hall–Kier alpha value is -5.14. The summed E-state index contributed by atoms with van der Waals surface area (Å²) in [6, 6.07) is 28.6. The molecular weight excluding hydrogens is 877 g/mol. The molecule has 0 aromatic heterocycles. The number of ether oxygens (including phenoxy) is 3. The van der Waals surface area contributed by atoms with E-state index >= 15 is 0 Å². The van der Waals surface area contributed by atoms with Gasteiger partial charge in [0, 0.05) is 58.1 Å². The first-order valence-electron chi connectivity index (χ1n) is 28.2. The molecule has 7 heteroatoms. The minimum atomic E-state index is -0.273. The second-order valence-corrected chi connectivity index (χ2v) is 21.1. The van der Waals surface area contributed by atoms with Gasteiger partial charge < -0.3 is 19.1 Å². The number of morpholine rings is 1. The predicted molar refractivity (Wildman–Crippen MR) is 294 cm³/mol. The van der Waals surface area contributed by atoms with E-state index in [1.165, 1.54) is 160 Å². The Morgan fingerprint density at radius 3 is 1.82 bits per heavy atom. The van der Waals surface area contributed by atoms with Crippen LogP contribution in [0.2, 0.25) is 0 Å². The minimum Gasteiger partial charge on any atom is -0.493 e. The average Bonchev–Trinajstić information content (AvgIpc) is 3.64. The highest BCUT2D eigenvalue weighted by atomic mass is 16.5. The first-order chi connectivity index (χ1) is 34.8. The van der Waals surface area contributed by atoms with Gasteiger partial charge in [0.25, 0.3) is 11.8 Å². The number of fused-ring (bicyclic) bond motifs is 3. The largest absolute Gasteiger partial charge is 0.493 e. The molecule has 2 amide bonds. The smallest absolute Gasteiger partial charge is 0.261 e. The maximum Gasteiger partial charge on any atom is 0.261 e. The third-order valence-electron chi connectivity index (χ3n) is 15.9. The van der Waals surface area contributed by atoms with Crippen molar-refractivity contribution < 1.29 is 23.8 Å². The van der Waals surface area contributed by atoms with Gasteiger partial charge in [0.1, 0.15) is 18.1 Å². The summed E-state index contributed by atoms with van der Waals surface area (Å²) in [5.74, 6) is 1.12. The van der Waals surface area contributed by atoms with Gasteiger partial charge in [0.05, 0.1) is 26.4 Å². The number of unbranched alkanes of at least 4 members (excludes halogenated alkanes) is 15. The molecule has 0 unspecified atom stereocenters. The van der Waals surface area contributed by atoms with E-state index in [4.69, 9.17) is 14.2 Å². The zero-order valence-electron chi connectivity index (χ0n) is 44.2. The summed E-state index contributed by atoms with van der Waals surface area (Å²) in [6.45, 7) is 15.1. The summed E-state index contributed by atoms with van der Waals surface area (Å²) in [6.07, 6.45) is 25.8. The molecule has 0 N–H and O–H groups in total. The van der Waals surface area contributed by atoms with Gasteiger partial charge in [-0.2, -0.15) is 0 Å². The van der Waals surface area contributed by atoms with Gasteiger partial charge in [-0.25, -0.2) is 0 Å². The number of carbonyl (C=O) groups is 2. The van der Waals surface area contributed by atoms with E-state index in [-0.39, 0.29) is 30.4 Å². The second kappa shape index (κ2) is 25.5. The van der Waals surface area contributed by atoms with Gasteiger partial charge in [-0.1, -0.05) is 184 Å². The number of benzene rings is 5. The number of anilines is 1. The second-order valence-electron chi connectivity index (χ2n) is 21.1. The van der Waals surface area contributed by atoms with E-state index in [2.05, 4.69) is 88.0 Å². The number of imide groups is 1. The normalized spacial score (nSPS) is 14.9. The Kier molecular flexibility index (Phi) is 18.7. The van der Waals surface area contributed by atoms with Crippen molar-refractivity contribution >= 4 is 28.3 Å². The monoisotopic (exact) mass is 961 g/mol. The third-order valence-corrected chi connectivity index (χ3v) is 15.9. The third kappa shape index (κ3) is 12.2. The van der Waals surface area contributed by atoms with Crippen molar-refractivity contribution in [2.45, 2.75) is 175 Å². The van der Waals surface area contributed by atoms with Gasteiger partial charge in [-0.05, 0) is 96.8 Å². The van der Waals surface area contributed by atoms with Crippen molar-refractivity contribution in [1.29, 1.82) is 0 Å². The van der Waals surface area contributed by atoms with Crippen LogP contribution in [0.5, 0.6) is 11.5 Å². The van der Waals surface area contributed by atoms with Crippen LogP contribution in [0.15, 0.2) is 78.9 Å². The molecule has 1 saturated heterocycles. The molecule has 2 aliphatic heterocycles. The van der Waals surface area contributed by atoms with Crippen LogP contribution in [0, 0.1) is 13.8 Å². The lowest BCUT2D eigenvalue weighted by Crippen LogP contribution is -2.43. The highest BCUT2D eigenvalue weighted by molar-refractivity contribution is 6.26. The quantitative estimate of drug-likeness (QED) is 0.0351. The molecule has 0 radical (unpaired) electrons. The fraction of sp³-hybridized carbons (Fsp3) is 0.531. The van der Waals surface area contributed by atoms with E-state index in [0.717, 1.165) is 58.6 Å². The summed E-state index contributed by atoms with van der Waals surface area (Å²) in [5.41, 5.74) is 12.7. The summed E-state index contributed by atoms with van der Waals surface area (Å²) in [5, 5.41) is 1.68. The van der Waals surface area contributed by atoms with E-state index in [9.17, 15) is 9.59 Å². The number of aryl methyl sites for hydroxylation is 2. The lowest BCUT2D eigenvalue weighted by Gasteiger charge is -2.33. The summed E-state index contributed by atoms with van der Waals surface area (Å²) < 4.78 is 18.9.